The van der Waals surface area contributed by atoms with E-state index in [-0.39, 0.29) is 16.3 Å². The van der Waals surface area contributed by atoms with Crippen molar-refractivity contribution in [1.29, 1.82) is 0 Å². The maximum absolute atomic E-state index is 14.3. The Morgan fingerprint density at radius 2 is 1.82 bits per heavy atom. The van der Waals surface area contributed by atoms with E-state index >= 15 is 0 Å². The fourth-order valence-electron chi connectivity index (χ4n) is 2.79. The molecule has 6 nitrogen and oxygen atoms in total. The molecular weight excluding hydrogens is 385 g/mol. The number of aliphatic hydroxyl groups is 1. The minimum Gasteiger partial charge on any atom is -0.400 e. The third kappa shape index (κ3) is 4.57. The Morgan fingerprint density at radius 1 is 1.14 bits per heavy atom. The topological polar surface area (TPSA) is 107 Å². The van der Waals surface area contributed by atoms with Gasteiger partial charge in [-0.1, -0.05) is 23.7 Å². The number of aromatic nitrogens is 1. The molecule has 0 spiro atoms. The van der Waals surface area contributed by atoms with E-state index in [1.165, 1.54) is 18.2 Å². The summed E-state index contributed by atoms with van der Waals surface area (Å²) in [5, 5.41) is 10.0. The van der Waals surface area contributed by atoms with E-state index in [0.29, 0.717) is 17.0 Å². The van der Waals surface area contributed by atoms with Crippen molar-refractivity contribution in [2.24, 2.45) is 10.9 Å². The number of primary amides is 1. The van der Waals surface area contributed by atoms with Gasteiger partial charge in [0.25, 0.3) is 0 Å². The highest BCUT2D eigenvalue weighted by Crippen LogP contribution is 2.31. The van der Waals surface area contributed by atoms with Gasteiger partial charge in [-0.15, -0.1) is 4.91 Å². The van der Waals surface area contributed by atoms with Crippen molar-refractivity contribution in [3.05, 3.63) is 87.7 Å². The first-order valence-electron chi connectivity index (χ1n) is 8.15. The minimum absolute atomic E-state index is 0.0124. The molecule has 0 bridgehead atoms. The van der Waals surface area contributed by atoms with Gasteiger partial charge in [-0.05, 0) is 41.6 Å². The molecule has 0 saturated carbocycles. The molecule has 1 heterocycles. The first-order valence-corrected chi connectivity index (χ1v) is 8.53. The lowest BCUT2D eigenvalue weighted by Gasteiger charge is -2.13. The van der Waals surface area contributed by atoms with Crippen LogP contribution >= 0.6 is 11.6 Å². The smallest absolute Gasteiger partial charge is 0.235 e. The number of nitrogens with two attached hydrogens (primary N) is 1. The van der Waals surface area contributed by atoms with Crippen molar-refractivity contribution < 1.29 is 19.3 Å². The third-order valence-electron chi connectivity index (χ3n) is 3.96. The Hall–Kier alpha value is -3.16. The number of aromatic amines is 1. The number of aliphatic hydroxyl groups excluding tert-OH is 1. The molecule has 28 heavy (non-hydrogen) atoms. The van der Waals surface area contributed by atoms with Crippen molar-refractivity contribution in [2.45, 2.75) is 5.92 Å². The SMILES string of the molecule is CO.NC(=O)C(c1cccc(-c2cccc(N=O)c2)[nH+]1)c1c(F)cccc1Cl. The zero-order valence-corrected chi connectivity index (χ0v) is 15.7. The lowest BCUT2D eigenvalue weighted by atomic mass is 9.93. The van der Waals surface area contributed by atoms with E-state index in [9.17, 15) is 14.1 Å². The molecular formula is C20H18ClFN3O3+. The highest BCUT2D eigenvalue weighted by atomic mass is 35.5. The van der Waals surface area contributed by atoms with Crippen molar-refractivity contribution in [3.63, 3.8) is 0 Å². The number of hydrogen-bond donors (Lipinski definition) is 2. The average Bonchev–Trinajstić information content (AvgIpc) is 2.72. The van der Waals surface area contributed by atoms with E-state index in [1.807, 2.05) is 0 Å². The Labute approximate surface area is 165 Å². The average molecular weight is 403 g/mol. The molecule has 0 saturated heterocycles. The second kappa shape index (κ2) is 9.68. The summed E-state index contributed by atoms with van der Waals surface area (Å²) < 4.78 is 14.3. The summed E-state index contributed by atoms with van der Waals surface area (Å²) in [6.45, 7) is 0. The highest BCUT2D eigenvalue weighted by molar-refractivity contribution is 6.31. The number of pyridine rings is 1. The van der Waals surface area contributed by atoms with Crippen molar-refractivity contribution in [3.8, 4) is 11.3 Å². The van der Waals surface area contributed by atoms with Gasteiger partial charge in [0, 0.05) is 35.4 Å². The molecule has 2 aromatic carbocycles. The zero-order valence-electron chi connectivity index (χ0n) is 14.9. The van der Waals surface area contributed by atoms with Crippen molar-refractivity contribution >= 4 is 23.2 Å². The van der Waals surface area contributed by atoms with Crippen LogP contribution in [0.5, 0.6) is 0 Å². The molecule has 0 aliphatic heterocycles. The Balaban J connectivity index is 0.00000136. The molecule has 3 rings (SSSR count). The van der Waals surface area contributed by atoms with Crippen LogP contribution in [0.25, 0.3) is 11.3 Å². The Bertz CT molecular complexity index is 978. The van der Waals surface area contributed by atoms with E-state index in [1.54, 1.807) is 42.5 Å². The number of halogens is 2. The molecule has 4 N–H and O–H groups in total. The van der Waals surface area contributed by atoms with Gasteiger partial charge >= 0.3 is 0 Å². The summed E-state index contributed by atoms with van der Waals surface area (Å²) in [6, 6.07) is 15.9. The molecule has 0 radical (unpaired) electrons. The van der Waals surface area contributed by atoms with E-state index in [2.05, 4.69) is 10.2 Å². The molecule has 144 valence electrons. The number of H-pyrrole nitrogens is 1. The van der Waals surface area contributed by atoms with E-state index < -0.39 is 17.6 Å². The largest absolute Gasteiger partial charge is 0.400 e. The maximum Gasteiger partial charge on any atom is 0.235 e. The molecule has 0 aliphatic carbocycles. The number of rotatable bonds is 5. The molecule has 1 amide bonds. The van der Waals surface area contributed by atoms with Crippen LogP contribution in [0.1, 0.15) is 17.2 Å². The normalized spacial score (nSPS) is 11.1. The summed E-state index contributed by atoms with van der Waals surface area (Å²) >= 11 is 6.11. The van der Waals surface area contributed by atoms with Gasteiger partial charge in [-0.25, -0.2) is 9.37 Å². The quantitative estimate of drug-likeness (QED) is 0.637. The maximum atomic E-state index is 14.3. The van der Waals surface area contributed by atoms with Crippen LogP contribution in [0.3, 0.4) is 0 Å². The van der Waals surface area contributed by atoms with Gasteiger partial charge in [0.05, 0.1) is 0 Å². The van der Waals surface area contributed by atoms with Gasteiger partial charge in [0.15, 0.2) is 11.6 Å². The van der Waals surface area contributed by atoms with Crippen LogP contribution in [0.4, 0.5) is 10.1 Å². The first kappa shape index (κ1) is 21.1. The van der Waals surface area contributed by atoms with Gasteiger partial charge < -0.3 is 10.8 Å². The summed E-state index contributed by atoms with van der Waals surface area (Å²) in [7, 11) is 1.00. The van der Waals surface area contributed by atoms with Crippen LogP contribution < -0.4 is 10.7 Å². The summed E-state index contributed by atoms with van der Waals surface area (Å²) in [6.07, 6.45) is 0. The number of carbonyl (C=O) groups excluding carboxylic acids is 1. The molecule has 3 aromatic rings. The molecule has 1 aromatic heterocycles. The Morgan fingerprint density at radius 3 is 2.46 bits per heavy atom. The number of amides is 1. The number of nitrogens with one attached hydrogen (secondary N) is 1. The second-order valence-electron chi connectivity index (χ2n) is 5.63. The fourth-order valence-corrected chi connectivity index (χ4v) is 3.06. The molecule has 1 unspecified atom stereocenters. The lowest BCUT2D eigenvalue weighted by Crippen LogP contribution is -2.29. The summed E-state index contributed by atoms with van der Waals surface area (Å²) in [5.74, 6) is -2.45. The van der Waals surface area contributed by atoms with Crippen LogP contribution in [0.2, 0.25) is 5.02 Å². The number of nitrogens with zero attached hydrogens (tertiary/aromatic N) is 1. The van der Waals surface area contributed by atoms with Crippen LogP contribution in [-0.4, -0.2) is 18.1 Å². The monoisotopic (exact) mass is 402 g/mol. The van der Waals surface area contributed by atoms with E-state index in [0.717, 1.165) is 7.11 Å². The van der Waals surface area contributed by atoms with Crippen LogP contribution in [0, 0.1) is 10.7 Å². The van der Waals surface area contributed by atoms with Gasteiger partial charge in [-0.2, -0.15) is 0 Å². The highest BCUT2D eigenvalue weighted by Gasteiger charge is 2.31. The van der Waals surface area contributed by atoms with Gasteiger partial charge in [0.1, 0.15) is 11.5 Å². The number of nitroso groups, excluding NO2 is 1. The fraction of sp³-hybridized carbons (Fsp3) is 0.100. The Kier molecular flexibility index (Phi) is 7.31. The molecule has 1 atom stereocenters. The first-order chi connectivity index (χ1) is 13.5. The predicted octanol–water partition coefficient (Wildman–Crippen LogP) is 3.58. The van der Waals surface area contributed by atoms with Gasteiger partial charge in [0.2, 0.25) is 11.6 Å². The third-order valence-corrected chi connectivity index (χ3v) is 4.29. The zero-order chi connectivity index (χ0) is 20.7. The molecule has 0 aliphatic rings. The standard InChI is InChI=1S/C19H13ClFN3O2.CH4O/c20-13-6-2-7-14(21)17(13)18(19(22)25)16-9-3-8-15(23-16)11-4-1-5-12(10-11)24-26;1-2/h1-10,18H,(H2,22,25);2H,1H3/p+1. The number of carbonyl (C=O) groups is 1. The summed E-state index contributed by atoms with van der Waals surface area (Å²) in [4.78, 5) is 25.9. The minimum atomic E-state index is -1.09. The van der Waals surface area contributed by atoms with Gasteiger partial charge in [-0.3, -0.25) is 4.79 Å². The van der Waals surface area contributed by atoms with Crippen LogP contribution in [-0.2, 0) is 4.79 Å². The number of hydrogen-bond acceptors (Lipinski definition) is 4. The summed E-state index contributed by atoms with van der Waals surface area (Å²) in [5.41, 5.74) is 7.50. The second-order valence-corrected chi connectivity index (χ2v) is 6.04. The molecule has 0 fully saturated rings. The predicted molar refractivity (Wildman–Crippen MR) is 104 cm³/mol. The lowest BCUT2D eigenvalue weighted by molar-refractivity contribution is -0.377. The molecule has 8 heteroatoms. The van der Waals surface area contributed by atoms with Crippen molar-refractivity contribution in [2.75, 3.05) is 7.11 Å². The van der Waals surface area contributed by atoms with Crippen molar-refractivity contribution in [1.82, 2.24) is 0 Å². The van der Waals surface area contributed by atoms with E-state index in [4.69, 9.17) is 22.4 Å². The van der Waals surface area contributed by atoms with Crippen LogP contribution in [0.15, 0.2) is 65.8 Å². The number of benzene rings is 2.